The second kappa shape index (κ2) is 7.09. The largest absolute Gasteiger partial charge is 0.363 e. The molecule has 1 atom stereocenters. The number of aromatic nitrogens is 2. The van der Waals surface area contributed by atoms with Crippen LogP contribution < -0.4 is 5.32 Å². The summed E-state index contributed by atoms with van der Waals surface area (Å²) < 4.78 is 0. The lowest BCUT2D eigenvalue weighted by molar-refractivity contribution is 0.244. The van der Waals surface area contributed by atoms with Gasteiger partial charge in [0, 0.05) is 13.1 Å². The molecule has 0 saturated heterocycles. The van der Waals surface area contributed by atoms with Gasteiger partial charge < -0.3 is 5.32 Å². The summed E-state index contributed by atoms with van der Waals surface area (Å²) in [6.45, 7) is 3.14. The van der Waals surface area contributed by atoms with Crippen LogP contribution in [0.3, 0.4) is 0 Å². The Labute approximate surface area is 106 Å². The molecule has 1 aromatic rings. The lowest BCUT2D eigenvalue weighted by Crippen LogP contribution is -2.29. The van der Waals surface area contributed by atoms with Crippen LogP contribution in [0.1, 0.15) is 18.4 Å². The standard InChI is InChI=1S/C10H20N4S2/c1-8(5-6-15-4)14(3)7-9-12-13-10(11-2)16-9/h8H,5-7H2,1-4H3,(H,11,13). The van der Waals surface area contributed by atoms with Gasteiger partial charge in [-0.25, -0.2) is 0 Å². The fourth-order valence-corrected chi connectivity index (χ4v) is 2.63. The minimum atomic E-state index is 0.592. The average molecular weight is 260 g/mol. The summed E-state index contributed by atoms with van der Waals surface area (Å²) in [5.74, 6) is 1.21. The molecule has 4 nitrogen and oxygen atoms in total. The zero-order valence-corrected chi connectivity index (χ0v) is 12.0. The Kier molecular flexibility index (Phi) is 6.08. The van der Waals surface area contributed by atoms with Gasteiger partial charge in [0.15, 0.2) is 0 Å². The van der Waals surface area contributed by atoms with Gasteiger partial charge in [-0.05, 0) is 32.4 Å². The van der Waals surface area contributed by atoms with Gasteiger partial charge in [0.05, 0.1) is 6.54 Å². The first-order chi connectivity index (χ1) is 7.67. The van der Waals surface area contributed by atoms with Crippen LogP contribution in [0, 0.1) is 0 Å². The van der Waals surface area contributed by atoms with Crippen LogP contribution in [0.25, 0.3) is 0 Å². The second-order valence-corrected chi connectivity index (χ2v) is 5.84. The molecular weight excluding hydrogens is 240 g/mol. The smallest absolute Gasteiger partial charge is 0.205 e. The van der Waals surface area contributed by atoms with Crippen molar-refractivity contribution in [1.29, 1.82) is 0 Å². The van der Waals surface area contributed by atoms with Crippen molar-refractivity contribution in [1.82, 2.24) is 15.1 Å². The van der Waals surface area contributed by atoms with Crippen LogP contribution in [0.4, 0.5) is 5.13 Å². The molecule has 0 aliphatic heterocycles. The molecule has 1 aromatic heterocycles. The highest BCUT2D eigenvalue weighted by Gasteiger charge is 2.11. The van der Waals surface area contributed by atoms with E-state index in [9.17, 15) is 0 Å². The molecule has 1 rings (SSSR count). The molecule has 0 aliphatic carbocycles. The fraction of sp³-hybridized carbons (Fsp3) is 0.800. The number of hydrogen-bond donors (Lipinski definition) is 1. The van der Waals surface area contributed by atoms with Crippen LogP contribution in [0.5, 0.6) is 0 Å². The van der Waals surface area contributed by atoms with Gasteiger partial charge in [0.1, 0.15) is 5.01 Å². The lowest BCUT2D eigenvalue weighted by Gasteiger charge is -2.22. The van der Waals surface area contributed by atoms with Gasteiger partial charge in [-0.15, -0.1) is 10.2 Å². The van der Waals surface area contributed by atoms with Crippen molar-refractivity contribution in [2.24, 2.45) is 0 Å². The van der Waals surface area contributed by atoms with Gasteiger partial charge in [0.25, 0.3) is 0 Å². The zero-order chi connectivity index (χ0) is 12.0. The van der Waals surface area contributed by atoms with E-state index >= 15 is 0 Å². The van der Waals surface area contributed by atoms with E-state index in [-0.39, 0.29) is 0 Å². The first-order valence-electron chi connectivity index (χ1n) is 5.36. The number of anilines is 1. The summed E-state index contributed by atoms with van der Waals surface area (Å²) in [7, 11) is 4.01. The maximum atomic E-state index is 4.15. The summed E-state index contributed by atoms with van der Waals surface area (Å²) in [4.78, 5) is 2.33. The molecule has 0 aromatic carbocycles. The first-order valence-corrected chi connectivity index (χ1v) is 7.57. The van der Waals surface area contributed by atoms with Gasteiger partial charge in [-0.1, -0.05) is 11.3 Å². The minimum absolute atomic E-state index is 0.592. The van der Waals surface area contributed by atoms with Crippen molar-refractivity contribution in [2.75, 3.05) is 31.4 Å². The van der Waals surface area contributed by atoms with E-state index in [0.29, 0.717) is 6.04 Å². The van der Waals surface area contributed by atoms with Crippen LogP contribution in [-0.2, 0) is 6.54 Å². The van der Waals surface area contributed by atoms with Gasteiger partial charge in [0.2, 0.25) is 5.13 Å². The molecule has 0 amide bonds. The van der Waals surface area contributed by atoms with Gasteiger partial charge in [-0.2, -0.15) is 11.8 Å². The Morgan fingerprint density at radius 1 is 1.50 bits per heavy atom. The second-order valence-electron chi connectivity index (χ2n) is 3.80. The van der Waals surface area contributed by atoms with E-state index in [0.717, 1.165) is 16.7 Å². The van der Waals surface area contributed by atoms with E-state index in [1.807, 2.05) is 18.8 Å². The summed E-state index contributed by atoms with van der Waals surface area (Å²) in [6.07, 6.45) is 3.37. The Morgan fingerprint density at radius 2 is 2.25 bits per heavy atom. The minimum Gasteiger partial charge on any atom is -0.363 e. The highest BCUT2D eigenvalue weighted by Crippen LogP contribution is 2.17. The Balaban J connectivity index is 2.40. The van der Waals surface area contributed by atoms with Crippen molar-refractivity contribution in [2.45, 2.75) is 25.9 Å². The molecule has 0 saturated carbocycles. The molecule has 1 unspecified atom stereocenters. The Bertz CT molecular complexity index is 303. The third-order valence-electron chi connectivity index (χ3n) is 2.56. The molecule has 92 valence electrons. The molecule has 0 spiro atoms. The summed E-state index contributed by atoms with van der Waals surface area (Å²) in [6, 6.07) is 0.592. The average Bonchev–Trinajstić information content (AvgIpc) is 2.73. The van der Waals surface area contributed by atoms with E-state index in [4.69, 9.17) is 0 Å². The number of nitrogens with one attached hydrogen (secondary N) is 1. The van der Waals surface area contributed by atoms with Crippen molar-refractivity contribution in [3.05, 3.63) is 5.01 Å². The Morgan fingerprint density at radius 3 is 2.81 bits per heavy atom. The van der Waals surface area contributed by atoms with Crippen LogP contribution in [-0.4, -0.2) is 47.2 Å². The van der Waals surface area contributed by atoms with Crippen molar-refractivity contribution in [3.8, 4) is 0 Å². The van der Waals surface area contributed by atoms with E-state index in [1.165, 1.54) is 12.2 Å². The zero-order valence-electron chi connectivity index (χ0n) is 10.4. The third-order valence-corrected chi connectivity index (χ3v) is 4.13. The molecule has 1 N–H and O–H groups in total. The molecule has 0 aliphatic rings. The summed E-state index contributed by atoms with van der Waals surface area (Å²) in [5, 5.41) is 13.2. The van der Waals surface area contributed by atoms with Crippen molar-refractivity contribution < 1.29 is 0 Å². The highest BCUT2D eigenvalue weighted by atomic mass is 32.2. The van der Waals surface area contributed by atoms with Crippen molar-refractivity contribution in [3.63, 3.8) is 0 Å². The van der Waals surface area contributed by atoms with Crippen LogP contribution in [0.15, 0.2) is 0 Å². The number of rotatable bonds is 7. The number of hydrogen-bond acceptors (Lipinski definition) is 6. The molecule has 0 fully saturated rings. The normalized spacial score (nSPS) is 13.1. The lowest BCUT2D eigenvalue weighted by atomic mass is 10.2. The third kappa shape index (κ3) is 4.27. The maximum absolute atomic E-state index is 4.15. The first kappa shape index (κ1) is 13.7. The molecule has 0 radical (unpaired) electrons. The quantitative estimate of drug-likeness (QED) is 0.813. The molecule has 16 heavy (non-hydrogen) atoms. The molecule has 0 bridgehead atoms. The highest BCUT2D eigenvalue weighted by molar-refractivity contribution is 7.98. The summed E-state index contributed by atoms with van der Waals surface area (Å²) in [5.41, 5.74) is 0. The predicted octanol–water partition coefficient (Wildman–Crippen LogP) is 2.15. The van der Waals surface area contributed by atoms with Crippen LogP contribution in [0.2, 0.25) is 0 Å². The number of thioether (sulfide) groups is 1. The fourth-order valence-electron chi connectivity index (χ4n) is 1.30. The molecular formula is C10H20N4S2. The topological polar surface area (TPSA) is 41.1 Å². The predicted molar refractivity (Wildman–Crippen MR) is 73.4 cm³/mol. The van der Waals surface area contributed by atoms with E-state index in [1.54, 1.807) is 11.3 Å². The van der Waals surface area contributed by atoms with E-state index in [2.05, 4.69) is 40.6 Å². The van der Waals surface area contributed by atoms with Crippen molar-refractivity contribution >= 4 is 28.2 Å². The maximum Gasteiger partial charge on any atom is 0.205 e. The molecule has 1 heterocycles. The van der Waals surface area contributed by atoms with Gasteiger partial charge >= 0.3 is 0 Å². The summed E-state index contributed by atoms with van der Waals surface area (Å²) >= 11 is 3.52. The monoisotopic (exact) mass is 260 g/mol. The van der Waals surface area contributed by atoms with Gasteiger partial charge in [-0.3, -0.25) is 4.90 Å². The van der Waals surface area contributed by atoms with Crippen LogP contribution >= 0.6 is 23.1 Å². The Hall–Kier alpha value is -0.330. The SMILES string of the molecule is CNc1nnc(CN(C)C(C)CCSC)s1. The number of nitrogens with zero attached hydrogens (tertiary/aromatic N) is 3. The molecule has 6 heteroatoms. The van der Waals surface area contributed by atoms with E-state index < -0.39 is 0 Å².